The van der Waals surface area contributed by atoms with E-state index in [-0.39, 0.29) is 19.3 Å². The molecule has 0 spiro atoms. The molecule has 1 atom stereocenters. The molecule has 26 heavy (non-hydrogen) atoms. The van der Waals surface area contributed by atoms with Crippen LogP contribution in [0.2, 0.25) is 5.02 Å². The van der Waals surface area contributed by atoms with E-state index in [4.69, 9.17) is 28.3 Å². The first-order chi connectivity index (χ1) is 12.2. The minimum atomic E-state index is -1.41. The van der Waals surface area contributed by atoms with Crippen molar-refractivity contribution in [3.8, 4) is 0 Å². The third kappa shape index (κ3) is 5.09. The molecule has 0 saturated carbocycles. The normalized spacial score (nSPS) is 18.1. The van der Waals surface area contributed by atoms with Gasteiger partial charge < -0.3 is 20.4 Å². The summed E-state index contributed by atoms with van der Waals surface area (Å²) < 4.78 is 0. The van der Waals surface area contributed by atoms with E-state index < -0.39 is 28.8 Å². The van der Waals surface area contributed by atoms with Gasteiger partial charge in [-0.2, -0.15) is 0 Å². The van der Waals surface area contributed by atoms with Crippen molar-refractivity contribution in [3.63, 3.8) is 0 Å². The number of amides is 1. The number of hydrogen-bond acceptors (Lipinski definition) is 4. The molecule has 9 heteroatoms. The lowest BCUT2D eigenvalue weighted by molar-refractivity contribution is -0.150. The monoisotopic (exact) mass is 402 g/mol. The molecular formula is C17H20Cl2N2O5. The standard InChI is InChI=1S/C17H20Cl2N2O5/c18-12-3-1-11(2-4-12)14(19)15(24)20-17(16(25)26)6-9-21(10-7-17)8-5-13(22)23/h1-4,14H,5-10H2,(H,20,24)(H,22,23)(H,25,26). The van der Waals surface area contributed by atoms with Crippen LogP contribution in [-0.4, -0.2) is 58.1 Å². The van der Waals surface area contributed by atoms with Crippen LogP contribution in [0.25, 0.3) is 0 Å². The Morgan fingerprint density at radius 2 is 1.73 bits per heavy atom. The smallest absolute Gasteiger partial charge is 0.329 e. The Balaban J connectivity index is 2.01. The van der Waals surface area contributed by atoms with Gasteiger partial charge in [0.2, 0.25) is 5.91 Å². The summed E-state index contributed by atoms with van der Waals surface area (Å²) >= 11 is 12.0. The number of carbonyl (C=O) groups is 3. The summed E-state index contributed by atoms with van der Waals surface area (Å²) in [6, 6.07) is 6.43. The zero-order valence-electron chi connectivity index (χ0n) is 14.0. The summed E-state index contributed by atoms with van der Waals surface area (Å²) in [5.41, 5.74) is -0.885. The topological polar surface area (TPSA) is 107 Å². The summed E-state index contributed by atoms with van der Waals surface area (Å²) in [5.74, 6) is -2.61. The van der Waals surface area contributed by atoms with Crippen molar-refractivity contribution >= 4 is 41.0 Å². The van der Waals surface area contributed by atoms with E-state index in [0.717, 1.165) is 0 Å². The van der Waals surface area contributed by atoms with Crippen molar-refractivity contribution in [2.75, 3.05) is 19.6 Å². The van der Waals surface area contributed by atoms with Crippen LogP contribution in [0.15, 0.2) is 24.3 Å². The van der Waals surface area contributed by atoms with E-state index in [9.17, 15) is 19.5 Å². The van der Waals surface area contributed by atoms with Gasteiger partial charge in [0, 0.05) is 24.7 Å². The Bertz CT molecular complexity index is 672. The summed E-state index contributed by atoms with van der Waals surface area (Å²) in [7, 11) is 0. The van der Waals surface area contributed by atoms with Gasteiger partial charge in [-0.1, -0.05) is 23.7 Å². The number of alkyl halides is 1. The highest BCUT2D eigenvalue weighted by atomic mass is 35.5. The van der Waals surface area contributed by atoms with E-state index in [1.54, 1.807) is 24.3 Å². The molecule has 1 fully saturated rings. The highest BCUT2D eigenvalue weighted by Crippen LogP contribution is 2.27. The van der Waals surface area contributed by atoms with Crippen molar-refractivity contribution in [1.82, 2.24) is 10.2 Å². The third-order valence-electron chi connectivity index (χ3n) is 4.52. The molecule has 7 nitrogen and oxygen atoms in total. The van der Waals surface area contributed by atoms with Gasteiger partial charge in [-0.15, -0.1) is 11.6 Å². The van der Waals surface area contributed by atoms with Gasteiger partial charge in [0.15, 0.2) is 0 Å². The lowest BCUT2D eigenvalue weighted by Crippen LogP contribution is -2.60. The summed E-state index contributed by atoms with van der Waals surface area (Å²) in [6.07, 6.45) is 0.350. The fraction of sp³-hybridized carbons (Fsp3) is 0.471. The number of nitrogens with one attached hydrogen (secondary N) is 1. The predicted molar refractivity (Wildman–Crippen MR) is 96.5 cm³/mol. The van der Waals surface area contributed by atoms with Gasteiger partial charge in [-0.3, -0.25) is 9.59 Å². The van der Waals surface area contributed by atoms with Crippen LogP contribution >= 0.6 is 23.2 Å². The van der Waals surface area contributed by atoms with E-state index in [1.807, 2.05) is 4.90 Å². The SMILES string of the molecule is O=C(O)CCN1CCC(NC(=O)C(Cl)c2ccc(Cl)cc2)(C(=O)O)CC1. The Labute approximate surface area is 160 Å². The minimum Gasteiger partial charge on any atom is -0.481 e. The van der Waals surface area contributed by atoms with Crippen molar-refractivity contribution in [2.24, 2.45) is 0 Å². The molecule has 1 unspecified atom stereocenters. The number of halogens is 2. The van der Waals surface area contributed by atoms with Crippen LogP contribution in [0, 0.1) is 0 Å². The number of benzene rings is 1. The van der Waals surface area contributed by atoms with Crippen molar-refractivity contribution in [1.29, 1.82) is 0 Å². The molecule has 1 aliphatic rings. The number of aliphatic carboxylic acids is 2. The highest BCUT2D eigenvalue weighted by Gasteiger charge is 2.43. The van der Waals surface area contributed by atoms with Crippen molar-refractivity contribution < 1.29 is 24.6 Å². The van der Waals surface area contributed by atoms with E-state index in [1.165, 1.54) is 0 Å². The molecular weight excluding hydrogens is 383 g/mol. The molecule has 1 saturated heterocycles. The molecule has 0 aliphatic carbocycles. The zero-order valence-corrected chi connectivity index (χ0v) is 15.5. The first kappa shape index (κ1) is 20.5. The molecule has 0 bridgehead atoms. The molecule has 3 N–H and O–H groups in total. The van der Waals surface area contributed by atoms with Crippen LogP contribution in [0.4, 0.5) is 0 Å². The molecule has 2 rings (SSSR count). The van der Waals surface area contributed by atoms with Gasteiger partial charge in [-0.25, -0.2) is 4.79 Å². The maximum Gasteiger partial charge on any atom is 0.329 e. The number of carboxylic acid groups (broad SMARTS) is 2. The van der Waals surface area contributed by atoms with Gasteiger partial charge >= 0.3 is 11.9 Å². The molecule has 142 valence electrons. The van der Waals surface area contributed by atoms with Crippen molar-refractivity contribution in [2.45, 2.75) is 30.2 Å². The van der Waals surface area contributed by atoms with Gasteiger partial charge in [0.25, 0.3) is 0 Å². The van der Waals surface area contributed by atoms with Crippen LogP contribution in [0.5, 0.6) is 0 Å². The fourth-order valence-electron chi connectivity index (χ4n) is 2.89. The number of carbonyl (C=O) groups excluding carboxylic acids is 1. The quantitative estimate of drug-likeness (QED) is 0.603. The minimum absolute atomic E-state index is 0.00719. The van der Waals surface area contributed by atoms with Gasteiger partial charge in [0.1, 0.15) is 10.9 Å². The fourth-order valence-corrected chi connectivity index (χ4v) is 3.21. The Kier molecular flexibility index (Phi) is 6.86. The van der Waals surface area contributed by atoms with E-state index >= 15 is 0 Å². The summed E-state index contributed by atoms with van der Waals surface area (Å²) in [6.45, 7) is 1.11. The summed E-state index contributed by atoms with van der Waals surface area (Å²) in [4.78, 5) is 36.8. The Morgan fingerprint density at radius 1 is 1.15 bits per heavy atom. The van der Waals surface area contributed by atoms with Gasteiger partial charge in [-0.05, 0) is 30.5 Å². The highest BCUT2D eigenvalue weighted by molar-refractivity contribution is 6.32. The average molecular weight is 403 g/mol. The number of likely N-dealkylation sites (tertiary alicyclic amines) is 1. The molecule has 1 amide bonds. The molecule has 0 radical (unpaired) electrons. The third-order valence-corrected chi connectivity index (χ3v) is 5.22. The second kappa shape index (κ2) is 8.70. The molecule has 1 aromatic rings. The first-order valence-corrected chi connectivity index (χ1v) is 8.94. The molecule has 1 aliphatic heterocycles. The second-order valence-electron chi connectivity index (χ2n) is 6.28. The van der Waals surface area contributed by atoms with Crippen LogP contribution in [0.3, 0.4) is 0 Å². The number of nitrogens with zero attached hydrogens (tertiary/aromatic N) is 1. The number of carboxylic acids is 2. The average Bonchev–Trinajstić information content (AvgIpc) is 2.61. The van der Waals surface area contributed by atoms with E-state index in [2.05, 4.69) is 5.32 Å². The Hall–Kier alpha value is -1.83. The number of rotatable bonds is 7. The number of hydrogen-bond donors (Lipinski definition) is 3. The van der Waals surface area contributed by atoms with Crippen LogP contribution in [-0.2, 0) is 14.4 Å². The summed E-state index contributed by atoms with van der Waals surface area (Å²) in [5, 5.41) is 20.4. The lowest BCUT2D eigenvalue weighted by Gasteiger charge is -2.39. The van der Waals surface area contributed by atoms with Gasteiger partial charge in [0.05, 0.1) is 6.42 Å². The lowest BCUT2D eigenvalue weighted by atomic mass is 9.87. The zero-order chi connectivity index (χ0) is 19.3. The maximum absolute atomic E-state index is 12.5. The molecule has 1 aromatic carbocycles. The largest absolute Gasteiger partial charge is 0.481 e. The number of piperidine rings is 1. The van der Waals surface area contributed by atoms with Crippen molar-refractivity contribution in [3.05, 3.63) is 34.9 Å². The predicted octanol–water partition coefficient (Wildman–Crippen LogP) is 2.13. The molecule has 1 heterocycles. The molecule has 0 aromatic heterocycles. The first-order valence-electron chi connectivity index (χ1n) is 8.12. The second-order valence-corrected chi connectivity index (χ2v) is 7.15. The van der Waals surface area contributed by atoms with E-state index in [0.29, 0.717) is 30.2 Å². The van der Waals surface area contributed by atoms with Crippen LogP contribution < -0.4 is 5.32 Å². The maximum atomic E-state index is 12.5. The Morgan fingerprint density at radius 3 is 2.23 bits per heavy atom. The van der Waals surface area contributed by atoms with Crippen LogP contribution in [0.1, 0.15) is 30.2 Å².